The third-order valence-electron chi connectivity index (χ3n) is 5.97. The number of aromatic nitrogens is 4. The molecule has 2 N–H and O–H groups in total. The first kappa shape index (κ1) is 22.5. The number of rotatable bonds is 9. The van der Waals surface area contributed by atoms with Crippen molar-refractivity contribution >= 4 is 39.9 Å². The van der Waals surface area contributed by atoms with E-state index >= 15 is 0 Å². The third-order valence-corrected chi connectivity index (χ3v) is 6.19. The van der Waals surface area contributed by atoms with Crippen LogP contribution >= 0.6 is 11.6 Å². The molecule has 0 amide bonds. The lowest BCUT2D eigenvalue weighted by molar-refractivity contribution is -0.120. The zero-order valence-corrected chi connectivity index (χ0v) is 18.9. The lowest BCUT2D eigenvalue weighted by Gasteiger charge is -2.34. The van der Waals surface area contributed by atoms with Crippen LogP contribution in [0.25, 0.3) is 11.0 Å². The Morgan fingerprint density at radius 2 is 2.25 bits per heavy atom. The number of halogens is 2. The smallest absolute Gasteiger partial charge is 0.160 e. The highest BCUT2D eigenvalue weighted by Gasteiger charge is 2.27. The van der Waals surface area contributed by atoms with Crippen LogP contribution in [0.15, 0.2) is 30.7 Å². The van der Waals surface area contributed by atoms with Crippen molar-refractivity contribution in [2.24, 2.45) is 5.92 Å². The van der Waals surface area contributed by atoms with Gasteiger partial charge in [-0.25, -0.2) is 14.4 Å². The molecule has 3 heterocycles. The van der Waals surface area contributed by atoms with Crippen LogP contribution in [0.5, 0.6) is 0 Å². The number of carbonyl (C=O) groups excluding carboxylic acids is 1. The Kier molecular flexibility index (Phi) is 7.19. The largest absolute Gasteiger partial charge is 0.375 e. The Labute approximate surface area is 191 Å². The molecule has 2 atom stereocenters. The van der Waals surface area contributed by atoms with Crippen LogP contribution in [-0.2, 0) is 4.79 Å². The zero-order chi connectivity index (χ0) is 22.5. The topological polar surface area (TPSA) is 86.8 Å². The number of hydrogen-bond acceptors (Lipinski definition) is 6. The standard InChI is InChI=1S/C23H28ClFN6O/c1-2-3-6-20(29-18-10-16(24)9-17(25)11-18)21(32)8-15-5-4-7-31(13-15)23-19-12-28-30-22(19)26-14-27-23/h9-12,14-15,20,29H,2-8,13H2,1H3,(H,26,27,28,30)/t15-,20+/m0/s1. The highest BCUT2D eigenvalue weighted by molar-refractivity contribution is 6.30. The van der Waals surface area contributed by atoms with Gasteiger partial charge in [0.05, 0.1) is 17.6 Å². The van der Waals surface area contributed by atoms with E-state index in [1.165, 1.54) is 12.1 Å². The fourth-order valence-electron chi connectivity index (χ4n) is 4.42. The van der Waals surface area contributed by atoms with Crippen molar-refractivity contribution in [3.05, 3.63) is 41.6 Å². The average molecular weight is 459 g/mol. The summed E-state index contributed by atoms with van der Waals surface area (Å²) in [5, 5.41) is 11.4. The van der Waals surface area contributed by atoms with Crippen molar-refractivity contribution in [1.29, 1.82) is 0 Å². The molecule has 2 aromatic heterocycles. The number of ketones is 1. The number of fused-ring (bicyclic) bond motifs is 1. The van der Waals surface area contributed by atoms with E-state index in [1.54, 1.807) is 18.6 Å². The Morgan fingerprint density at radius 3 is 3.06 bits per heavy atom. The summed E-state index contributed by atoms with van der Waals surface area (Å²) < 4.78 is 13.8. The Morgan fingerprint density at radius 1 is 1.38 bits per heavy atom. The summed E-state index contributed by atoms with van der Waals surface area (Å²) in [5.41, 5.74) is 1.25. The minimum absolute atomic E-state index is 0.154. The van der Waals surface area contributed by atoms with Crippen molar-refractivity contribution in [1.82, 2.24) is 20.2 Å². The number of unbranched alkanes of at least 4 members (excludes halogenated alkanes) is 1. The van der Waals surface area contributed by atoms with E-state index in [-0.39, 0.29) is 17.7 Å². The summed E-state index contributed by atoms with van der Waals surface area (Å²) in [6.07, 6.45) is 8.36. The SMILES string of the molecule is CCCC[C@@H](Nc1cc(F)cc(Cl)c1)C(=O)C[C@@H]1CCCN(c2ncnc3[nH]ncc23)C1. The van der Waals surface area contributed by atoms with Gasteiger partial charge >= 0.3 is 0 Å². The van der Waals surface area contributed by atoms with Gasteiger partial charge in [0.1, 0.15) is 18.0 Å². The molecule has 9 heteroatoms. The predicted octanol–water partition coefficient (Wildman–Crippen LogP) is 4.99. The highest BCUT2D eigenvalue weighted by atomic mass is 35.5. The molecule has 1 aliphatic heterocycles. The van der Waals surface area contributed by atoms with E-state index in [0.29, 0.717) is 29.2 Å². The summed E-state index contributed by atoms with van der Waals surface area (Å²) in [5.74, 6) is 0.827. The van der Waals surface area contributed by atoms with E-state index < -0.39 is 5.82 Å². The number of nitrogens with one attached hydrogen (secondary N) is 2. The monoisotopic (exact) mass is 458 g/mol. The van der Waals surface area contributed by atoms with Gasteiger partial charge in [-0.05, 0) is 43.4 Å². The molecule has 1 saturated heterocycles. The first-order chi connectivity index (χ1) is 15.5. The van der Waals surface area contributed by atoms with E-state index in [9.17, 15) is 9.18 Å². The maximum Gasteiger partial charge on any atom is 0.160 e. The van der Waals surface area contributed by atoms with Crippen molar-refractivity contribution in [2.45, 2.75) is 51.5 Å². The van der Waals surface area contributed by atoms with E-state index in [1.807, 2.05) is 0 Å². The second kappa shape index (κ2) is 10.3. The highest BCUT2D eigenvalue weighted by Crippen LogP contribution is 2.29. The Hall–Kier alpha value is -2.74. The van der Waals surface area contributed by atoms with Crippen LogP contribution in [0.4, 0.5) is 15.9 Å². The molecule has 1 aliphatic rings. The summed E-state index contributed by atoms with van der Waals surface area (Å²) in [4.78, 5) is 24.2. The zero-order valence-electron chi connectivity index (χ0n) is 18.2. The molecule has 4 rings (SSSR count). The normalized spacial score (nSPS) is 17.5. The first-order valence-electron chi connectivity index (χ1n) is 11.2. The third kappa shape index (κ3) is 5.35. The van der Waals surface area contributed by atoms with E-state index in [2.05, 4.69) is 37.3 Å². The van der Waals surface area contributed by atoms with Crippen LogP contribution < -0.4 is 10.2 Å². The molecular formula is C23H28ClFN6O. The van der Waals surface area contributed by atoms with Gasteiger partial charge in [-0.15, -0.1) is 0 Å². The van der Waals surface area contributed by atoms with Crippen LogP contribution in [0.2, 0.25) is 5.02 Å². The van der Waals surface area contributed by atoms with Gasteiger partial charge in [0, 0.05) is 30.2 Å². The molecular weight excluding hydrogens is 431 g/mol. The lowest BCUT2D eigenvalue weighted by Crippen LogP contribution is -2.39. The van der Waals surface area contributed by atoms with Crippen LogP contribution in [-0.4, -0.2) is 45.1 Å². The van der Waals surface area contributed by atoms with Gasteiger partial charge in [-0.3, -0.25) is 9.89 Å². The van der Waals surface area contributed by atoms with Crippen LogP contribution in [0, 0.1) is 11.7 Å². The number of anilines is 2. The second-order valence-electron chi connectivity index (χ2n) is 8.45. The number of Topliss-reactive ketones (excluding diaryl/α,β-unsaturated/α-hetero) is 1. The number of aromatic amines is 1. The number of piperidine rings is 1. The van der Waals surface area contributed by atoms with E-state index in [4.69, 9.17) is 11.6 Å². The lowest BCUT2D eigenvalue weighted by atomic mass is 9.89. The molecule has 3 aromatic rings. The quantitative estimate of drug-likeness (QED) is 0.469. The van der Waals surface area contributed by atoms with Gasteiger partial charge < -0.3 is 10.2 Å². The molecule has 32 heavy (non-hydrogen) atoms. The number of nitrogens with zero attached hydrogens (tertiary/aromatic N) is 4. The molecule has 0 bridgehead atoms. The fraction of sp³-hybridized carbons (Fsp3) is 0.478. The number of carbonyl (C=O) groups is 1. The first-order valence-corrected chi connectivity index (χ1v) is 11.6. The number of benzene rings is 1. The molecule has 0 aliphatic carbocycles. The summed E-state index contributed by atoms with van der Waals surface area (Å²) in [7, 11) is 0. The maximum absolute atomic E-state index is 13.8. The van der Waals surface area contributed by atoms with Crippen LogP contribution in [0.1, 0.15) is 45.4 Å². The minimum atomic E-state index is -0.417. The second-order valence-corrected chi connectivity index (χ2v) is 8.89. The number of H-pyrrole nitrogens is 1. The average Bonchev–Trinajstić information content (AvgIpc) is 3.25. The molecule has 7 nitrogen and oxygen atoms in total. The predicted molar refractivity (Wildman–Crippen MR) is 125 cm³/mol. The summed E-state index contributed by atoms with van der Waals surface area (Å²) in [6, 6.07) is 3.94. The van der Waals surface area contributed by atoms with Gasteiger partial charge in [0.2, 0.25) is 0 Å². The Bertz CT molecular complexity index is 1050. The molecule has 1 fully saturated rings. The molecule has 0 spiro atoms. The molecule has 170 valence electrons. The van der Waals surface area contributed by atoms with Crippen molar-refractivity contribution in [3.8, 4) is 0 Å². The summed E-state index contributed by atoms with van der Waals surface area (Å²) in [6.45, 7) is 3.74. The van der Waals surface area contributed by atoms with Crippen molar-refractivity contribution in [3.63, 3.8) is 0 Å². The van der Waals surface area contributed by atoms with E-state index in [0.717, 1.165) is 50.0 Å². The molecule has 0 radical (unpaired) electrons. The Balaban J connectivity index is 1.44. The van der Waals surface area contributed by atoms with Crippen molar-refractivity contribution in [2.75, 3.05) is 23.3 Å². The molecule has 1 aromatic carbocycles. The van der Waals surface area contributed by atoms with Gasteiger partial charge in [-0.2, -0.15) is 5.10 Å². The van der Waals surface area contributed by atoms with Gasteiger partial charge in [0.25, 0.3) is 0 Å². The number of hydrogen-bond donors (Lipinski definition) is 2. The van der Waals surface area contributed by atoms with Gasteiger partial charge in [-0.1, -0.05) is 31.4 Å². The van der Waals surface area contributed by atoms with Crippen molar-refractivity contribution < 1.29 is 9.18 Å². The summed E-state index contributed by atoms with van der Waals surface area (Å²) >= 11 is 5.99. The van der Waals surface area contributed by atoms with Crippen LogP contribution in [0.3, 0.4) is 0 Å². The molecule has 0 saturated carbocycles. The fourth-order valence-corrected chi connectivity index (χ4v) is 4.64. The maximum atomic E-state index is 13.8. The molecule has 0 unspecified atom stereocenters. The minimum Gasteiger partial charge on any atom is -0.375 e. The van der Waals surface area contributed by atoms with Gasteiger partial charge in [0.15, 0.2) is 11.4 Å².